The van der Waals surface area contributed by atoms with Gasteiger partial charge in [-0.25, -0.2) is 0 Å². The number of halogens is 4. The molecule has 5 nitrogen and oxygen atoms in total. The van der Waals surface area contributed by atoms with Crippen LogP contribution in [0.2, 0.25) is 0 Å². The van der Waals surface area contributed by atoms with Crippen LogP contribution in [0.15, 0.2) is 39.1 Å². The highest BCUT2D eigenvalue weighted by Crippen LogP contribution is 2.32. The lowest BCUT2D eigenvalue weighted by Crippen LogP contribution is -2.36. The fourth-order valence-electron chi connectivity index (χ4n) is 2.21. The Morgan fingerprint density at radius 1 is 1.30 bits per heavy atom. The first-order valence-corrected chi connectivity index (χ1v) is 9.57. The number of thiophene rings is 1. The van der Waals surface area contributed by atoms with Gasteiger partial charge in [0.1, 0.15) is 0 Å². The van der Waals surface area contributed by atoms with Crippen LogP contribution in [0, 0.1) is 0 Å². The summed E-state index contributed by atoms with van der Waals surface area (Å²) in [6.07, 6.45) is 0. The summed E-state index contributed by atoms with van der Waals surface area (Å²) < 4.78 is 36.6. The third kappa shape index (κ3) is 7.78. The zero-order valence-corrected chi connectivity index (χ0v) is 19.5. The van der Waals surface area contributed by atoms with Crippen molar-refractivity contribution in [2.45, 2.75) is 26.6 Å². The van der Waals surface area contributed by atoms with Crippen molar-refractivity contribution >= 4 is 57.2 Å². The Kier molecular flexibility index (Phi) is 10.9. The largest absolute Gasteiger partial charge is 0.490 e. The molecular formula is C17H21BrF2IN3O2S. The molecule has 0 aliphatic rings. The number of alkyl halides is 2. The molecule has 2 aromatic rings. The number of nitrogens with one attached hydrogen (secondary N) is 2. The van der Waals surface area contributed by atoms with Crippen LogP contribution in [0.5, 0.6) is 11.5 Å². The van der Waals surface area contributed by atoms with Gasteiger partial charge in [0.15, 0.2) is 17.5 Å². The average molecular weight is 576 g/mol. The maximum absolute atomic E-state index is 12.8. The smallest absolute Gasteiger partial charge is 0.387 e. The topological polar surface area (TPSA) is 54.9 Å². The molecule has 1 heterocycles. The highest BCUT2D eigenvalue weighted by molar-refractivity contribution is 14.0. The van der Waals surface area contributed by atoms with Crippen LogP contribution in [-0.4, -0.2) is 26.2 Å². The molecule has 0 fully saturated rings. The first-order valence-electron chi connectivity index (χ1n) is 7.90. The molecule has 0 spiro atoms. The van der Waals surface area contributed by atoms with E-state index in [1.165, 1.54) is 0 Å². The second kappa shape index (κ2) is 12.3. The van der Waals surface area contributed by atoms with Crippen LogP contribution in [0.3, 0.4) is 0 Å². The van der Waals surface area contributed by atoms with Gasteiger partial charge < -0.3 is 20.1 Å². The highest BCUT2D eigenvalue weighted by Gasteiger charge is 2.16. The Balaban J connectivity index is 0.00000364. The fourth-order valence-corrected chi connectivity index (χ4v) is 3.60. The molecule has 27 heavy (non-hydrogen) atoms. The van der Waals surface area contributed by atoms with E-state index in [0.717, 1.165) is 9.35 Å². The number of benzene rings is 1. The zero-order chi connectivity index (χ0) is 18.9. The molecule has 0 amide bonds. The number of nitrogens with zero attached hydrogens (tertiary/aromatic N) is 1. The molecule has 2 rings (SSSR count). The number of hydrogen-bond donors (Lipinski definition) is 2. The van der Waals surface area contributed by atoms with Crippen molar-refractivity contribution in [3.05, 3.63) is 44.6 Å². The molecule has 0 saturated heterocycles. The van der Waals surface area contributed by atoms with E-state index in [0.29, 0.717) is 30.4 Å². The number of rotatable bonds is 8. The standard InChI is InChI=1S/C17H20BrF2N3O2S.HI/c1-3-24-14-6-4-5-11(15(14)25-16(19)20)8-22-17(21-2)23-9-13-7-12(18)10-26-13;/h4-7,10,16H,3,8-9H2,1-2H3,(H2,21,22,23);1H. The maximum atomic E-state index is 12.8. The summed E-state index contributed by atoms with van der Waals surface area (Å²) in [6.45, 7) is 0.0820. The Bertz CT molecular complexity index is 747. The molecule has 1 aromatic heterocycles. The first kappa shape index (κ1) is 23.9. The minimum absolute atomic E-state index is 0. The summed E-state index contributed by atoms with van der Waals surface area (Å²) in [5.74, 6) is 0.882. The van der Waals surface area contributed by atoms with E-state index in [-0.39, 0.29) is 36.3 Å². The fraction of sp³-hybridized carbons (Fsp3) is 0.353. The van der Waals surface area contributed by atoms with Gasteiger partial charge in [0.2, 0.25) is 0 Å². The predicted octanol–water partition coefficient (Wildman–Crippen LogP) is 4.99. The van der Waals surface area contributed by atoms with Gasteiger partial charge >= 0.3 is 6.61 Å². The molecule has 0 saturated carbocycles. The number of hydrogen-bond acceptors (Lipinski definition) is 4. The van der Waals surface area contributed by atoms with Crippen molar-refractivity contribution in [3.63, 3.8) is 0 Å². The molecule has 150 valence electrons. The monoisotopic (exact) mass is 575 g/mol. The molecule has 0 radical (unpaired) electrons. The number of ether oxygens (including phenoxy) is 2. The second-order valence-electron chi connectivity index (χ2n) is 5.07. The predicted molar refractivity (Wildman–Crippen MR) is 119 cm³/mol. The maximum Gasteiger partial charge on any atom is 0.387 e. The quantitative estimate of drug-likeness (QED) is 0.264. The molecule has 0 unspecified atom stereocenters. The molecule has 0 atom stereocenters. The van der Waals surface area contributed by atoms with Gasteiger partial charge in [-0.2, -0.15) is 8.78 Å². The zero-order valence-electron chi connectivity index (χ0n) is 14.8. The molecule has 10 heteroatoms. The van der Waals surface area contributed by atoms with Crippen molar-refractivity contribution in [1.29, 1.82) is 0 Å². The molecular weight excluding hydrogens is 555 g/mol. The number of guanidine groups is 1. The second-order valence-corrected chi connectivity index (χ2v) is 6.98. The molecule has 2 N–H and O–H groups in total. The Labute approximate surface area is 186 Å². The molecule has 0 bridgehead atoms. The highest BCUT2D eigenvalue weighted by atomic mass is 127. The van der Waals surface area contributed by atoms with E-state index >= 15 is 0 Å². The molecule has 0 aliphatic carbocycles. The van der Waals surface area contributed by atoms with E-state index in [9.17, 15) is 8.78 Å². The number of aliphatic imine (C=N–C) groups is 1. The van der Waals surface area contributed by atoms with E-state index in [4.69, 9.17) is 4.74 Å². The van der Waals surface area contributed by atoms with Crippen molar-refractivity contribution in [2.24, 2.45) is 4.99 Å². The van der Waals surface area contributed by atoms with Crippen molar-refractivity contribution < 1.29 is 18.3 Å². The van der Waals surface area contributed by atoms with Crippen LogP contribution in [-0.2, 0) is 13.1 Å². The summed E-state index contributed by atoms with van der Waals surface area (Å²) in [7, 11) is 1.65. The third-order valence-corrected chi connectivity index (χ3v) is 4.99. The summed E-state index contributed by atoms with van der Waals surface area (Å²) >= 11 is 5.04. The Hall–Kier alpha value is -1.14. The average Bonchev–Trinajstić information content (AvgIpc) is 3.02. The summed E-state index contributed by atoms with van der Waals surface area (Å²) in [4.78, 5) is 5.28. The van der Waals surface area contributed by atoms with Gasteiger partial charge in [-0.15, -0.1) is 35.3 Å². The van der Waals surface area contributed by atoms with Gasteiger partial charge in [-0.1, -0.05) is 12.1 Å². The van der Waals surface area contributed by atoms with Crippen molar-refractivity contribution in [1.82, 2.24) is 10.6 Å². The van der Waals surface area contributed by atoms with Gasteiger partial charge in [-0.05, 0) is 35.0 Å². The van der Waals surface area contributed by atoms with Gasteiger partial charge in [-0.3, -0.25) is 4.99 Å². The summed E-state index contributed by atoms with van der Waals surface area (Å²) in [5, 5.41) is 8.28. The van der Waals surface area contributed by atoms with E-state index < -0.39 is 6.61 Å². The Morgan fingerprint density at radius 2 is 2.04 bits per heavy atom. The third-order valence-electron chi connectivity index (χ3n) is 3.29. The minimum atomic E-state index is -2.93. The lowest BCUT2D eigenvalue weighted by Gasteiger charge is -2.17. The summed E-state index contributed by atoms with van der Waals surface area (Å²) in [6, 6.07) is 7.06. The normalized spacial score (nSPS) is 11.1. The SMILES string of the molecule is CCOc1cccc(CNC(=NC)NCc2cc(Br)cs2)c1OC(F)F.I. The minimum Gasteiger partial charge on any atom is -0.490 e. The van der Waals surface area contributed by atoms with Crippen LogP contribution in [0.4, 0.5) is 8.78 Å². The van der Waals surface area contributed by atoms with Gasteiger partial charge in [0.25, 0.3) is 0 Å². The first-order chi connectivity index (χ1) is 12.5. The van der Waals surface area contributed by atoms with Crippen LogP contribution < -0.4 is 20.1 Å². The van der Waals surface area contributed by atoms with E-state index in [2.05, 4.69) is 36.3 Å². The Morgan fingerprint density at radius 3 is 2.63 bits per heavy atom. The van der Waals surface area contributed by atoms with Crippen LogP contribution in [0.1, 0.15) is 17.4 Å². The van der Waals surface area contributed by atoms with E-state index in [1.54, 1.807) is 43.5 Å². The van der Waals surface area contributed by atoms with Crippen molar-refractivity contribution in [2.75, 3.05) is 13.7 Å². The van der Waals surface area contributed by atoms with Crippen molar-refractivity contribution in [3.8, 4) is 11.5 Å². The molecule has 1 aromatic carbocycles. The van der Waals surface area contributed by atoms with E-state index in [1.807, 2.05) is 11.4 Å². The van der Waals surface area contributed by atoms with Gasteiger partial charge in [0, 0.05) is 33.9 Å². The molecule has 0 aliphatic heterocycles. The lowest BCUT2D eigenvalue weighted by atomic mass is 10.2. The lowest BCUT2D eigenvalue weighted by molar-refractivity contribution is -0.0520. The van der Waals surface area contributed by atoms with Gasteiger partial charge in [0.05, 0.1) is 13.2 Å². The summed E-state index contributed by atoms with van der Waals surface area (Å²) in [5.41, 5.74) is 0.554. The van der Waals surface area contributed by atoms with Crippen LogP contribution >= 0.6 is 51.2 Å². The van der Waals surface area contributed by atoms with Crippen LogP contribution in [0.25, 0.3) is 0 Å². The number of para-hydroxylation sites is 1.